The average molecular weight is 311 g/mol. The molecule has 1 aromatic rings. The Hall–Kier alpha value is -0.770. The molecule has 4 heteroatoms. The maximum Gasteiger partial charge on any atom is 0.0599 e. The first-order chi connectivity index (χ1) is 9.97. The number of anilines is 1. The third kappa shape index (κ3) is 4.60. The molecule has 1 heterocycles. The summed E-state index contributed by atoms with van der Waals surface area (Å²) in [5.41, 5.74) is 2.49. The predicted molar refractivity (Wildman–Crippen MR) is 90.0 cm³/mol. The van der Waals surface area contributed by atoms with Crippen LogP contribution in [0.2, 0.25) is 5.02 Å². The smallest absolute Gasteiger partial charge is 0.0599 e. The summed E-state index contributed by atoms with van der Waals surface area (Å²) < 4.78 is 0. The zero-order chi connectivity index (χ0) is 15.4. The Morgan fingerprint density at radius 3 is 2.86 bits per heavy atom. The van der Waals surface area contributed by atoms with Crippen molar-refractivity contribution >= 4 is 17.3 Å². The van der Waals surface area contributed by atoms with Crippen LogP contribution < -0.4 is 10.2 Å². The zero-order valence-electron chi connectivity index (χ0n) is 13.3. The van der Waals surface area contributed by atoms with Crippen LogP contribution in [0.3, 0.4) is 0 Å². The molecule has 2 rings (SSSR count). The second-order valence-electron chi connectivity index (χ2n) is 6.58. The number of nitrogens with one attached hydrogen (secondary N) is 1. The molecule has 21 heavy (non-hydrogen) atoms. The molecule has 2 N–H and O–H groups in total. The first-order valence-corrected chi connectivity index (χ1v) is 8.27. The van der Waals surface area contributed by atoms with Gasteiger partial charge >= 0.3 is 0 Å². The van der Waals surface area contributed by atoms with Crippen LogP contribution in [-0.2, 0) is 6.54 Å². The molecule has 0 spiro atoms. The van der Waals surface area contributed by atoms with E-state index >= 15 is 0 Å². The fourth-order valence-electron chi connectivity index (χ4n) is 2.83. The Labute approximate surface area is 133 Å². The minimum absolute atomic E-state index is 0.178. The van der Waals surface area contributed by atoms with Crippen molar-refractivity contribution in [1.29, 1.82) is 0 Å². The van der Waals surface area contributed by atoms with Gasteiger partial charge in [0.2, 0.25) is 0 Å². The fourth-order valence-corrected chi connectivity index (χ4v) is 2.99. The van der Waals surface area contributed by atoms with Gasteiger partial charge in [-0.05, 0) is 42.5 Å². The lowest BCUT2D eigenvalue weighted by Gasteiger charge is -2.37. The van der Waals surface area contributed by atoms with Gasteiger partial charge in [0.1, 0.15) is 0 Å². The third-order valence-electron chi connectivity index (χ3n) is 4.12. The van der Waals surface area contributed by atoms with E-state index in [4.69, 9.17) is 11.6 Å². The first kappa shape index (κ1) is 16.6. The number of nitrogens with zero attached hydrogens (tertiary/aromatic N) is 1. The van der Waals surface area contributed by atoms with E-state index in [9.17, 15) is 5.11 Å². The van der Waals surface area contributed by atoms with Crippen molar-refractivity contribution in [2.24, 2.45) is 11.8 Å². The second kappa shape index (κ2) is 7.48. The van der Waals surface area contributed by atoms with E-state index in [1.165, 1.54) is 11.3 Å². The minimum atomic E-state index is -0.178. The van der Waals surface area contributed by atoms with Crippen molar-refractivity contribution in [3.05, 3.63) is 28.8 Å². The van der Waals surface area contributed by atoms with Crippen molar-refractivity contribution in [3.8, 4) is 0 Å². The molecular weight excluding hydrogens is 284 g/mol. The van der Waals surface area contributed by atoms with Gasteiger partial charge in [-0.2, -0.15) is 0 Å². The van der Waals surface area contributed by atoms with Crippen LogP contribution in [-0.4, -0.2) is 30.8 Å². The highest BCUT2D eigenvalue weighted by Gasteiger charge is 2.25. The average Bonchev–Trinajstić information content (AvgIpc) is 2.43. The minimum Gasteiger partial charge on any atom is -0.393 e. The van der Waals surface area contributed by atoms with Gasteiger partial charge in [0.25, 0.3) is 0 Å². The summed E-state index contributed by atoms with van der Waals surface area (Å²) in [4.78, 5) is 2.36. The number of hydrogen-bond donors (Lipinski definition) is 2. The summed E-state index contributed by atoms with van der Waals surface area (Å²) in [7, 11) is 0. The number of benzene rings is 1. The van der Waals surface area contributed by atoms with E-state index in [2.05, 4.69) is 43.1 Å². The van der Waals surface area contributed by atoms with Crippen molar-refractivity contribution in [1.82, 2.24) is 5.32 Å². The summed E-state index contributed by atoms with van der Waals surface area (Å²) in [6, 6.07) is 6.12. The Balaban J connectivity index is 2.11. The molecular formula is C17H27ClN2O. The number of hydrogen-bond acceptors (Lipinski definition) is 3. The quantitative estimate of drug-likeness (QED) is 0.876. The van der Waals surface area contributed by atoms with Gasteiger partial charge in [0.15, 0.2) is 0 Å². The Morgan fingerprint density at radius 1 is 1.43 bits per heavy atom. The van der Waals surface area contributed by atoms with Crippen molar-refractivity contribution in [2.75, 3.05) is 24.5 Å². The molecule has 0 amide bonds. The number of halogens is 1. The molecule has 1 fully saturated rings. The van der Waals surface area contributed by atoms with Gasteiger partial charge in [-0.1, -0.05) is 38.4 Å². The normalized spacial score (nSPS) is 22.9. The van der Waals surface area contributed by atoms with Crippen LogP contribution in [0.1, 0.15) is 32.8 Å². The fraction of sp³-hybridized carbons (Fsp3) is 0.647. The van der Waals surface area contributed by atoms with Gasteiger partial charge in [-0.15, -0.1) is 0 Å². The van der Waals surface area contributed by atoms with Gasteiger partial charge in [-0.3, -0.25) is 0 Å². The van der Waals surface area contributed by atoms with Gasteiger partial charge in [-0.25, -0.2) is 0 Å². The topological polar surface area (TPSA) is 35.5 Å². The van der Waals surface area contributed by atoms with Gasteiger partial charge in [0, 0.05) is 30.3 Å². The highest BCUT2D eigenvalue weighted by molar-refractivity contribution is 6.30. The molecule has 1 aromatic carbocycles. The van der Waals surface area contributed by atoms with Gasteiger partial charge < -0.3 is 15.3 Å². The van der Waals surface area contributed by atoms with Crippen LogP contribution >= 0.6 is 11.6 Å². The summed E-state index contributed by atoms with van der Waals surface area (Å²) in [6.45, 7) is 10.2. The Kier molecular flexibility index (Phi) is 5.91. The third-order valence-corrected chi connectivity index (χ3v) is 4.35. The molecule has 1 aliphatic heterocycles. The molecule has 0 bridgehead atoms. The van der Waals surface area contributed by atoms with E-state index in [1.54, 1.807) is 0 Å². The molecule has 2 atom stereocenters. The van der Waals surface area contributed by atoms with Gasteiger partial charge in [0.05, 0.1) is 6.10 Å². The molecule has 1 aliphatic rings. The maximum absolute atomic E-state index is 9.90. The summed E-state index contributed by atoms with van der Waals surface area (Å²) in [5.74, 6) is 0.945. The van der Waals surface area contributed by atoms with Crippen molar-refractivity contribution in [2.45, 2.75) is 39.8 Å². The number of rotatable bonds is 5. The van der Waals surface area contributed by atoms with Crippen molar-refractivity contribution < 1.29 is 5.11 Å². The molecule has 2 unspecified atom stereocenters. The van der Waals surface area contributed by atoms with E-state index < -0.39 is 0 Å². The SMILES string of the molecule is CC(C)CNCc1ccc(Cl)cc1N1CCC(O)C(C)C1. The highest BCUT2D eigenvalue weighted by atomic mass is 35.5. The molecule has 0 aliphatic carbocycles. The lowest BCUT2D eigenvalue weighted by atomic mass is 9.95. The molecule has 0 aromatic heterocycles. The molecule has 1 saturated heterocycles. The second-order valence-corrected chi connectivity index (χ2v) is 7.01. The van der Waals surface area contributed by atoms with Crippen LogP contribution in [0.25, 0.3) is 0 Å². The van der Waals surface area contributed by atoms with E-state index in [0.29, 0.717) is 11.8 Å². The lowest BCUT2D eigenvalue weighted by molar-refractivity contribution is 0.0970. The molecule has 0 radical (unpaired) electrons. The number of aliphatic hydroxyl groups excluding tert-OH is 1. The predicted octanol–water partition coefficient (Wildman–Crippen LogP) is 3.29. The van der Waals surface area contributed by atoms with Crippen molar-refractivity contribution in [3.63, 3.8) is 0 Å². The lowest BCUT2D eigenvalue weighted by Crippen LogP contribution is -2.42. The highest BCUT2D eigenvalue weighted by Crippen LogP contribution is 2.29. The monoisotopic (exact) mass is 310 g/mol. The summed E-state index contributed by atoms with van der Waals surface area (Å²) in [6.07, 6.45) is 0.648. The van der Waals surface area contributed by atoms with E-state index in [1.807, 2.05) is 6.07 Å². The maximum atomic E-state index is 9.90. The Morgan fingerprint density at radius 2 is 2.19 bits per heavy atom. The largest absolute Gasteiger partial charge is 0.393 e. The summed E-state index contributed by atoms with van der Waals surface area (Å²) >= 11 is 6.19. The van der Waals surface area contributed by atoms with Crippen LogP contribution in [0.5, 0.6) is 0 Å². The molecule has 3 nitrogen and oxygen atoms in total. The Bertz CT molecular complexity index is 464. The van der Waals surface area contributed by atoms with E-state index in [0.717, 1.165) is 37.6 Å². The molecule has 0 saturated carbocycles. The summed E-state index contributed by atoms with van der Waals surface area (Å²) in [5, 5.41) is 14.2. The number of piperidine rings is 1. The molecule has 118 valence electrons. The van der Waals surface area contributed by atoms with Crippen LogP contribution in [0, 0.1) is 11.8 Å². The van der Waals surface area contributed by atoms with Crippen LogP contribution in [0.4, 0.5) is 5.69 Å². The van der Waals surface area contributed by atoms with Crippen LogP contribution in [0.15, 0.2) is 18.2 Å². The zero-order valence-corrected chi connectivity index (χ0v) is 14.0. The van der Waals surface area contributed by atoms with E-state index in [-0.39, 0.29) is 6.10 Å². The standard InChI is InChI=1S/C17H27ClN2O/c1-12(2)9-19-10-14-4-5-15(18)8-16(14)20-7-6-17(21)13(3)11-20/h4-5,8,12-13,17,19,21H,6-7,9-11H2,1-3H3. The number of aliphatic hydroxyl groups is 1. The first-order valence-electron chi connectivity index (χ1n) is 7.89.